The molecule has 0 aliphatic carbocycles. The highest BCUT2D eigenvalue weighted by atomic mass is 32.2. The zero-order chi connectivity index (χ0) is 8.69. The summed E-state index contributed by atoms with van der Waals surface area (Å²) in [5.41, 5.74) is 0. The Kier molecular flexibility index (Phi) is 5.36. The summed E-state index contributed by atoms with van der Waals surface area (Å²) in [4.78, 5) is 0.368. The van der Waals surface area contributed by atoms with Gasteiger partial charge in [0.2, 0.25) is 0 Å². The lowest BCUT2D eigenvalue weighted by Gasteiger charge is -1.83. The Hall–Kier alpha value is -0.910. The van der Waals surface area contributed by atoms with Crippen LogP contribution in [-0.4, -0.2) is 8.42 Å². The van der Waals surface area contributed by atoms with Gasteiger partial charge in [-0.1, -0.05) is 18.2 Å². The molecule has 0 spiro atoms. The summed E-state index contributed by atoms with van der Waals surface area (Å²) < 4.78 is 20.5. The second-order valence-electron chi connectivity index (χ2n) is 1.59. The summed E-state index contributed by atoms with van der Waals surface area (Å²) in [5.74, 6) is 8.00. The van der Waals surface area contributed by atoms with Crippen LogP contribution in [0.3, 0.4) is 0 Å². The monoisotopic (exact) mass is 174 g/mol. The Morgan fingerprint density at radius 1 is 1.00 bits per heavy atom. The number of thiol groups is 1. The van der Waals surface area contributed by atoms with Gasteiger partial charge in [0.25, 0.3) is 0 Å². The molecule has 0 radical (unpaired) electrons. The number of nitrogens with two attached hydrogens (primary N) is 2. The maximum absolute atomic E-state index is 10.2. The Morgan fingerprint density at radius 3 is 1.73 bits per heavy atom. The first-order valence-corrected chi connectivity index (χ1v) is 4.01. The Labute approximate surface area is 66.7 Å². The molecule has 0 atom stereocenters. The number of hydrogen-bond donors (Lipinski definition) is 3. The lowest BCUT2D eigenvalue weighted by molar-refractivity contribution is 0.614. The van der Waals surface area contributed by atoms with Gasteiger partial charge in [-0.3, -0.25) is 11.7 Å². The van der Waals surface area contributed by atoms with E-state index in [2.05, 4.69) is 11.7 Å². The lowest BCUT2D eigenvalue weighted by atomic mass is 10.4. The van der Waals surface area contributed by atoms with Gasteiger partial charge in [-0.15, -0.1) is 0 Å². The maximum Gasteiger partial charge on any atom is 0.168 e. The molecule has 0 fully saturated rings. The van der Waals surface area contributed by atoms with Crippen molar-refractivity contribution in [2.24, 2.45) is 11.7 Å². The van der Waals surface area contributed by atoms with Crippen molar-refractivity contribution in [3.8, 4) is 0 Å². The molecule has 1 aromatic rings. The van der Waals surface area contributed by atoms with E-state index in [0.29, 0.717) is 4.90 Å². The van der Waals surface area contributed by atoms with Crippen molar-refractivity contribution < 1.29 is 8.42 Å². The predicted molar refractivity (Wildman–Crippen MR) is 43.4 cm³/mol. The standard InChI is InChI=1S/C6H6O2S.H4N2/c7-9(8)6-4-2-1-3-5-6;1-2/h1-5,9H;1-2H2. The van der Waals surface area contributed by atoms with Gasteiger partial charge in [-0.2, -0.15) is 0 Å². The molecule has 0 aromatic heterocycles. The van der Waals surface area contributed by atoms with Gasteiger partial charge in [0.1, 0.15) is 0 Å². The minimum absolute atomic E-state index is 0.368. The minimum Gasteiger partial charge on any atom is -0.274 e. The molecule has 0 unspecified atom stereocenters. The molecule has 0 saturated carbocycles. The van der Waals surface area contributed by atoms with Crippen molar-refractivity contribution in [1.82, 2.24) is 0 Å². The van der Waals surface area contributed by atoms with E-state index in [1.165, 1.54) is 0 Å². The Morgan fingerprint density at radius 2 is 1.45 bits per heavy atom. The molecule has 0 saturated heterocycles. The summed E-state index contributed by atoms with van der Waals surface area (Å²) in [6, 6.07) is 8.29. The van der Waals surface area contributed by atoms with Gasteiger partial charge in [0, 0.05) is 0 Å². The smallest absolute Gasteiger partial charge is 0.168 e. The van der Waals surface area contributed by atoms with E-state index in [0.717, 1.165) is 0 Å². The first-order valence-electron chi connectivity index (χ1n) is 2.83. The highest BCUT2D eigenvalue weighted by molar-refractivity contribution is 7.72. The molecule has 1 aromatic carbocycles. The van der Waals surface area contributed by atoms with Crippen LogP contribution in [0.1, 0.15) is 0 Å². The average Bonchev–Trinajstić information content (AvgIpc) is 2.10. The molecule has 62 valence electrons. The van der Waals surface area contributed by atoms with E-state index in [1.807, 2.05) is 0 Å². The third kappa shape index (κ3) is 3.72. The fourth-order valence-electron chi connectivity index (χ4n) is 0.550. The first kappa shape index (κ1) is 10.1. The fraction of sp³-hybridized carbons (Fsp3) is 0. The molecule has 5 heteroatoms. The van der Waals surface area contributed by atoms with Crippen molar-refractivity contribution in [3.63, 3.8) is 0 Å². The van der Waals surface area contributed by atoms with Crippen LogP contribution >= 0.6 is 0 Å². The molecular weight excluding hydrogens is 164 g/mol. The highest BCUT2D eigenvalue weighted by Gasteiger charge is 1.87. The van der Waals surface area contributed by atoms with Crippen molar-refractivity contribution in [3.05, 3.63) is 30.3 Å². The summed E-state index contributed by atoms with van der Waals surface area (Å²) in [5, 5.41) is 0. The van der Waals surface area contributed by atoms with Crippen molar-refractivity contribution in [2.75, 3.05) is 0 Å². The van der Waals surface area contributed by atoms with Crippen LogP contribution < -0.4 is 11.7 Å². The molecule has 0 bridgehead atoms. The molecule has 4 nitrogen and oxygen atoms in total. The van der Waals surface area contributed by atoms with Gasteiger partial charge in [0.05, 0.1) is 4.90 Å². The van der Waals surface area contributed by atoms with Crippen LogP contribution in [-0.2, 0) is 10.7 Å². The summed E-state index contributed by atoms with van der Waals surface area (Å²) >= 11 is 0. The zero-order valence-electron chi connectivity index (χ0n) is 5.81. The minimum atomic E-state index is -2.40. The summed E-state index contributed by atoms with van der Waals surface area (Å²) in [6.07, 6.45) is 0. The van der Waals surface area contributed by atoms with Gasteiger partial charge in [-0.25, -0.2) is 8.42 Å². The second-order valence-corrected chi connectivity index (χ2v) is 2.62. The van der Waals surface area contributed by atoms with E-state index in [9.17, 15) is 8.42 Å². The predicted octanol–water partition coefficient (Wildman–Crippen LogP) is -0.524. The summed E-state index contributed by atoms with van der Waals surface area (Å²) in [6.45, 7) is 0. The molecule has 0 aliphatic heterocycles. The van der Waals surface area contributed by atoms with Crippen LogP contribution in [0.5, 0.6) is 0 Å². The molecule has 11 heavy (non-hydrogen) atoms. The first-order chi connectivity index (χ1) is 5.30. The third-order valence-corrected chi connectivity index (χ3v) is 1.69. The maximum atomic E-state index is 10.2. The van der Waals surface area contributed by atoms with Crippen LogP contribution in [0.25, 0.3) is 0 Å². The topological polar surface area (TPSA) is 86.2 Å². The molecule has 1 rings (SSSR count). The normalized spacial score (nSPS) is 8.64. The number of rotatable bonds is 1. The van der Waals surface area contributed by atoms with E-state index in [4.69, 9.17) is 0 Å². The Bertz CT molecular complexity index is 251. The third-order valence-electron chi connectivity index (χ3n) is 0.967. The van der Waals surface area contributed by atoms with E-state index in [1.54, 1.807) is 30.3 Å². The van der Waals surface area contributed by atoms with E-state index >= 15 is 0 Å². The highest BCUT2D eigenvalue weighted by Crippen LogP contribution is 1.97. The van der Waals surface area contributed by atoms with E-state index < -0.39 is 10.7 Å². The molecule has 0 aliphatic rings. The van der Waals surface area contributed by atoms with E-state index in [-0.39, 0.29) is 0 Å². The average molecular weight is 174 g/mol. The van der Waals surface area contributed by atoms with Crippen molar-refractivity contribution >= 4 is 10.7 Å². The number of benzene rings is 1. The van der Waals surface area contributed by atoms with Gasteiger partial charge in [0.15, 0.2) is 10.7 Å². The number of hydrogen-bond acceptors (Lipinski definition) is 4. The largest absolute Gasteiger partial charge is 0.274 e. The van der Waals surface area contributed by atoms with Gasteiger partial charge < -0.3 is 0 Å². The SMILES string of the molecule is NN.O=[SH](=O)c1ccccc1. The number of hydrazine groups is 1. The van der Waals surface area contributed by atoms with Crippen LogP contribution in [0, 0.1) is 0 Å². The molecule has 0 heterocycles. The Balaban J connectivity index is 0.000000461. The molecule has 0 amide bonds. The summed E-state index contributed by atoms with van der Waals surface area (Å²) in [7, 11) is -2.40. The lowest BCUT2D eigenvalue weighted by Crippen LogP contribution is -2.02. The molecular formula is C6H10N2O2S. The quantitative estimate of drug-likeness (QED) is 0.303. The van der Waals surface area contributed by atoms with Crippen LogP contribution in [0.15, 0.2) is 35.2 Å². The van der Waals surface area contributed by atoms with Crippen LogP contribution in [0.2, 0.25) is 0 Å². The fourth-order valence-corrected chi connectivity index (χ4v) is 0.965. The van der Waals surface area contributed by atoms with Crippen LogP contribution in [0.4, 0.5) is 0 Å². The van der Waals surface area contributed by atoms with Gasteiger partial charge >= 0.3 is 0 Å². The van der Waals surface area contributed by atoms with Crippen molar-refractivity contribution in [2.45, 2.75) is 4.90 Å². The van der Waals surface area contributed by atoms with Crippen molar-refractivity contribution in [1.29, 1.82) is 0 Å². The van der Waals surface area contributed by atoms with Gasteiger partial charge in [-0.05, 0) is 12.1 Å². The zero-order valence-corrected chi connectivity index (χ0v) is 6.70. The second kappa shape index (κ2) is 5.84. The molecule has 4 N–H and O–H groups in total.